The summed E-state index contributed by atoms with van der Waals surface area (Å²) in [5.74, 6) is 2.58. The number of carbonyl (C=O) groups is 1. The minimum atomic E-state index is -0.110. The molecule has 2 fully saturated rings. The third kappa shape index (κ3) is 4.02. The molecule has 3 aromatic heterocycles. The fraction of sp³-hybridized carbons (Fsp3) is 0.444. The molecule has 0 unspecified atom stereocenters. The van der Waals surface area contributed by atoms with E-state index in [1.165, 1.54) is 6.42 Å². The van der Waals surface area contributed by atoms with Gasteiger partial charge in [0.15, 0.2) is 11.5 Å². The van der Waals surface area contributed by atoms with Crippen molar-refractivity contribution in [3.63, 3.8) is 0 Å². The summed E-state index contributed by atoms with van der Waals surface area (Å²) in [5.41, 5.74) is 4.05. The van der Waals surface area contributed by atoms with E-state index in [4.69, 9.17) is 14.6 Å². The number of benzene rings is 1. The van der Waals surface area contributed by atoms with Crippen LogP contribution in [0.4, 0.5) is 5.82 Å². The molecule has 0 N–H and O–H groups in total. The van der Waals surface area contributed by atoms with Crippen molar-refractivity contribution in [2.45, 2.75) is 52.5 Å². The van der Waals surface area contributed by atoms with Gasteiger partial charge in [-0.15, -0.1) is 0 Å². The topological polar surface area (TPSA) is 92.7 Å². The van der Waals surface area contributed by atoms with Crippen molar-refractivity contribution in [1.82, 2.24) is 29.6 Å². The van der Waals surface area contributed by atoms with E-state index in [1.54, 1.807) is 6.92 Å². The zero-order chi connectivity index (χ0) is 24.8. The smallest absolute Gasteiger partial charge is 0.258 e. The molecule has 2 atom stereocenters. The van der Waals surface area contributed by atoms with Gasteiger partial charge in [0, 0.05) is 37.5 Å². The van der Waals surface area contributed by atoms with E-state index in [2.05, 4.69) is 35.1 Å². The molecule has 36 heavy (non-hydrogen) atoms. The molecule has 2 aliphatic heterocycles. The molecule has 0 spiro atoms. The molecular formula is C27H31N7O2. The van der Waals surface area contributed by atoms with Crippen molar-refractivity contribution < 1.29 is 9.32 Å². The van der Waals surface area contributed by atoms with Gasteiger partial charge in [-0.1, -0.05) is 24.2 Å². The lowest BCUT2D eigenvalue weighted by Gasteiger charge is -2.35. The van der Waals surface area contributed by atoms with Crippen LogP contribution < -0.4 is 4.90 Å². The second-order valence-electron chi connectivity index (χ2n) is 10.2. The van der Waals surface area contributed by atoms with Gasteiger partial charge < -0.3 is 14.3 Å². The van der Waals surface area contributed by atoms with Crippen LogP contribution in [0.25, 0.3) is 17.1 Å². The Morgan fingerprint density at radius 3 is 2.72 bits per heavy atom. The summed E-state index contributed by atoms with van der Waals surface area (Å²) in [7, 11) is 0. The number of fused-ring (bicyclic) bond motifs is 1. The van der Waals surface area contributed by atoms with Gasteiger partial charge in [-0.2, -0.15) is 10.1 Å². The fourth-order valence-electron chi connectivity index (χ4n) is 5.53. The van der Waals surface area contributed by atoms with Crippen molar-refractivity contribution in [2.24, 2.45) is 5.92 Å². The first-order chi connectivity index (χ1) is 17.5. The highest BCUT2D eigenvalue weighted by molar-refractivity contribution is 6.00. The first-order valence-electron chi connectivity index (χ1n) is 12.8. The van der Waals surface area contributed by atoms with E-state index in [0.717, 1.165) is 55.1 Å². The first kappa shape index (κ1) is 22.7. The maximum atomic E-state index is 13.9. The third-order valence-electron chi connectivity index (χ3n) is 7.37. The van der Waals surface area contributed by atoms with Gasteiger partial charge >= 0.3 is 0 Å². The monoisotopic (exact) mass is 485 g/mol. The number of nitrogens with zero attached hydrogens (tertiary/aromatic N) is 7. The van der Waals surface area contributed by atoms with E-state index < -0.39 is 0 Å². The number of piperidine rings is 1. The molecule has 0 bridgehead atoms. The predicted octanol–water partition coefficient (Wildman–Crippen LogP) is 4.61. The Balaban J connectivity index is 1.34. The number of likely N-dealkylation sites (tertiary alicyclic amines) is 1. The van der Waals surface area contributed by atoms with Gasteiger partial charge in [0.05, 0.1) is 22.9 Å². The predicted molar refractivity (Wildman–Crippen MR) is 136 cm³/mol. The van der Waals surface area contributed by atoms with Crippen LogP contribution in [0.15, 0.2) is 41.1 Å². The van der Waals surface area contributed by atoms with Crippen molar-refractivity contribution in [3.8, 4) is 11.5 Å². The van der Waals surface area contributed by atoms with Crippen molar-refractivity contribution in [1.29, 1.82) is 0 Å². The van der Waals surface area contributed by atoms with Crippen molar-refractivity contribution in [3.05, 3.63) is 59.2 Å². The Kier molecular flexibility index (Phi) is 5.70. The van der Waals surface area contributed by atoms with E-state index in [1.807, 2.05) is 39.7 Å². The Hall–Kier alpha value is -3.75. The highest BCUT2D eigenvalue weighted by Crippen LogP contribution is 2.34. The van der Waals surface area contributed by atoms with Crippen LogP contribution >= 0.6 is 0 Å². The molecule has 0 aliphatic carbocycles. The number of rotatable bonds is 4. The second kappa shape index (κ2) is 9.04. The lowest BCUT2D eigenvalue weighted by Crippen LogP contribution is -2.39. The molecule has 1 aromatic carbocycles. The average Bonchev–Trinajstić information content (AvgIpc) is 3.62. The zero-order valence-corrected chi connectivity index (χ0v) is 21.0. The third-order valence-corrected chi connectivity index (χ3v) is 7.37. The molecule has 5 heterocycles. The quantitative estimate of drug-likeness (QED) is 0.417. The van der Waals surface area contributed by atoms with Crippen LogP contribution in [0.1, 0.15) is 66.1 Å². The molecule has 0 radical (unpaired) electrons. The van der Waals surface area contributed by atoms with Crippen LogP contribution in [0, 0.1) is 19.8 Å². The van der Waals surface area contributed by atoms with Crippen molar-refractivity contribution in [2.75, 3.05) is 24.5 Å². The van der Waals surface area contributed by atoms with E-state index in [-0.39, 0.29) is 11.9 Å². The molecule has 6 rings (SSSR count). The maximum absolute atomic E-state index is 13.9. The summed E-state index contributed by atoms with van der Waals surface area (Å²) in [6.45, 7) is 8.91. The summed E-state index contributed by atoms with van der Waals surface area (Å²) in [5, 5.41) is 8.80. The molecule has 1 amide bonds. The number of aryl methyl sites for hydroxylation is 2. The summed E-state index contributed by atoms with van der Waals surface area (Å²) in [6.07, 6.45) is 6.14. The molecule has 9 nitrogen and oxygen atoms in total. The summed E-state index contributed by atoms with van der Waals surface area (Å²) >= 11 is 0. The van der Waals surface area contributed by atoms with E-state index in [0.29, 0.717) is 35.3 Å². The van der Waals surface area contributed by atoms with Crippen LogP contribution in [-0.4, -0.2) is 55.2 Å². The van der Waals surface area contributed by atoms with Crippen LogP contribution in [0.5, 0.6) is 0 Å². The minimum Gasteiger partial charge on any atom is -0.356 e. The van der Waals surface area contributed by atoms with Gasteiger partial charge in [0.2, 0.25) is 0 Å². The van der Waals surface area contributed by atoms with Gasteiger partial charge in [0.25, 0.3) is 11.8 Å². The number of aromatic nitrogens is 5. The van der Waals surface area contributed by atoms with E-state index in [9.17, 15) is 4.79 Å². The second-order valence-corrected chi connectivity index (χ2v) is 10.2. The SMILES string of the molecule is Cc1noc(-c2ccccc2C(=O)N2CCCC[C@H]2c2cc3nc(N4CC[C@H](C)C4)c(C)cn3n2)n1. The van der Waals surface area contributed by atoms with Gasteiger partial charge in [-0.3, -0.25) is 4.79 Å². The highest BCUT2D eigenvalue weighted by Gasteiger charge is 2.32. The largest absolute Gasteiger partial charge is 0.356 e. The standard InChI is InChI=1S/C27H31N7O2/c1-17-11-13-32(15-17)25-18(2)16-34-24(29-25)14-22(30-34)23-10-6-7-12-33(23)27(35)21-9-5-4-8-20(21)26-28-19(3)31-36-26/h4-5,8-9,14,16-17,23H,6-7,10-13,15H2,1-3H3/t17-,23-/m0/s1. The van der Waals surface area contributed by atoms with Crippen LogP contribution in [0.2, 0.25) is 0 Å². The molecule has 9 heteroatoms. The number of hydrogen-bond acceptors (Lipinski definition) is 7. The summed E-state index contributed by atoms with van der Waals surface area (Å²) in [4.78, 5) is 27.6. The van der Waals surface area contributed by atoms with Crippen molar-refractivity contribution >= 4 is 17.4 Å². The molecule has 186 valence electrons. The molecule has 2 saturated heterocycles. The number of anilines is 1. The minimum absolute atomic E-state index is 0.0425. The lowest BCUT2D eigenvalue weighted by atomic mass is 9.97. The molecule has 2 aliphatic rings. The normalized spacial score (nSPS) is 20.4. The Labute approximate surface area is 210 Å². The molecule has 0 saturated carbocycles. The van der Waals surface area contributed by atoms with Gasteiger partial charge in [-0.05, 0) is 57.6 Å². The van der Waals surface area contributed by atoms with Gasteiger partial charge in [-0.25, -0.2) is 9.50 Å². The number of hydrogen-bond donors (Lipinski definition) is 0. The van der Waals surface area contributed by atoms with Gasteiger partial charge in [0.1, 0.15) is 5.82 Å². The Bertz CT molecular complexity index is 1420. The van der Waals surface area contributed by atoms with Crippen LogP contribution in [-0.2, 0) is 0 Å². The first-order valence-corrected chi connectivity index (χ1v) is 12.8. The molecular weight excluding hydrogens is 454 g/mol. The van der Waals surface area contributed by atoms with Crippen LogP contribution in [0.3, 0.4) is 0 Å². The zero-order valence-electron chi connectivity index (χ0n) is 21.0. The maximum Gasteiger partial charge on any atom is 0.258 e. The number of amides is 1. The van der Waals surface area contributed by atoms with E-state index >= 15 is 0 Å². The fourth-order valence-corrected chi connectivity index (χ4v) is 5.53. The Morgan fingerprint density at radius 1 is 1.08 bits per heavy atom. The summed E-state index contributed by atoms with van der Waals surface area (Å²) in [6, 6.07) is 9.39. The number of carbonyl (C=O) groups excluding carboxylic acids is 1. The average molecular weight is 486 g/mol. The highest BCUT2D eigenvalue weighted by atomic mass is 16.5. The lowest BCUT2D eigenvalue weighted by molar-refractivity contribution is 0.0606. The molecule has 4 aromatic rings. The summed E-state index contributed by atoms with van der Waals surface area (Å²) < 4.78 is 7.25. The Morgan fingerprint density at radius 2 is 1.94 bits per heavy atom.